The topological polar surface area (TPSA) is 9.23 Å². The van der Waals surface area contributed by atoms with E-state index in [-0.39, 0.29) is 0 Å². The van der Waals surface area contributed by atoms with Crippen molar-refractivity contribution in [3.05, 3.63) is 0 Å². The summed E-state index contributed by atoms with van der Waals surface area (Å²) in [5.41, 5.74) is 0. The van der Waals surface area contributed by atoms with Gasteiger partial charge in [0.1, 0.15) is 0 Å². The fraction of sp³-hybridized carbons (Fsp3) is 1.00. The van der Waals surface area contributed by atoms with Crippen molar-refractivity contribution in [1.29, 1.82) is 0 Å². The number of methoxy groups -OCH3 is 1. The molecule has 0 saturated carbocycles. The van der Waals surface area contributed by atoms with E-state index in [4.69, 9.17) is 4.74 Å². The Hall–Kier alpha value is 0.177. The maximum absolute atomic E-state index is 5.00. The van der Waals surface area contributed by atoms with Crippen LogP contribution in [0.15, 0.2) is 0 Å². The molecule has 0 aromatic heterocycles. The minimum atomic E-state index is -0.757. The third kappa shape index (κ3) is 10.2. The highest BCUT2D eigenvalue weighted by molar-refractivity contribution is 6.76. The first kappa shape index (κ1) is 12.2. The third-order valence-electron chi connectivity index (χ3n) is 2.03. The van der Waals surface area contributed by atoms with Gasteiger partial charge < -0.3 is 4.74 Å². The summed E-state index contributed by atoms with van der Waals surface area (Å²) in [6.07, 6.45) is 5.41. The van der Waals surface area contributed by atoms with Gasteiger partial charge in [0.15, 0.2) is 0 Å². The van der Waals surface area contributed by atoms with Crippen molar-refractivity contribution in [2.75, 3.05) is 13.7 Å². The van der Waals surface area contributed by atoms with Crippen LogP contribution in [-0.4, -0.2) is 21.8 Å². The molecule has 0 aromatic carbocycles. The average molecular weight is 188 g/mol. The molecule has 0 bridgehead atoms. The Kier molecular flexibility index (Phi) is 6.77. The van der Waals surface area contributed by atoms with E-state index >= 15 is 0 Å². The second-order valence-corrected chi connectivity index (χ2v) is 10.3. The van der Waals surface area contributed by atoms with Crippen molar-refractivity contribution < 1.29 is 4.74 Å². The molecule has 2 heteroatoms. The van der Waals surface area contributed by atoms with Crippen molar-refractivity contribution in [1.82, 2.24) is 0 Å². The van der Waals surface area contributed by atoms with Gasteiger partial charge in [-0.1, -0.05) is 44.9 Å². The van der Waals surface area contributed by atoms with Gasteiger partial charge in [-0.05, 0) is 6.42 Å². The second kappa shape index (κ2) is 6.67. The number of unbranched alkanes of at least 4 members (excludes halogenated alkanes) is 3. The highest BCUT2D eigenvalue weighted by atomic mass is 28.3. The van der Waals surface area contributed by atoms with Crippen LogP contribution in [0.3, 0.4) is 0 Å². The molecule has 0 aliphatic rings. The van der Waals surface area contributed by atoms with Gasteiger partial charge >= 0.3 is 0 Å². The number of rotatable bonds is 7. The van der Waals surface area contributed by atoms with E-state index in [1.54, 1.807) is 7.11 Å². The van der Waals surface area contributed by atoms with Gasteiger partial charge in [-0.15, -0.1) is 0 Å². The fourth-order valence-corrected chi connectivity index (χ4v) is 2.57. The predicted octanol–water partition coefficient (Wildman–Crippen LogP) is 3.53. The molecule has 0 aliphatic carbocycles. The van der Waals surface area contributed by atoms with Crippen molar-refractivity contribution in [3.63, 3.8) is 0 Å². The van der Waals surface area contributed by atoms with Gasteiger partial charge in [-0.25, -0.2) is 0 Å². The SMILES string of the molecule is COCCCCCC[Si](C)(C)C. The molecule has 0 radical (unpaired) electrons. The molecule has 0 rings (SSSR count). The van der Waals surface area contributed by atoms with Crippen LogP contribution in [0.5, 0.6) is 0 Å². The first-order valence-electron chi connectivity index (χ1n) is 5.05. The summed E-state index contributed by atoms with van der Waals surface area (Å²) in [4.78, 5) is 0. The van der Waals surface area contributed by atoms with E-state index in [1.807, 2.05) is 0 Å². The van der Waals surface area contributed by atoms with Crippen LogP contribution in [0.25, 0.3) is 0 Å². The first-order chi connectivity index (χ1) is 5.56. The summed E-state index contributed by atoms with van der Waals surface area (Å²) in [5, 5.41) is 0. The van der Waals surface area contributed by atoms with Gasteiger partial charge in [0.05, 0.1) is 0 Å². The molecule has 0 saturated heterocycles. The van der Waals surface area contributed by atoms with Crippen LogP contribution in [0, 0.1) is 0 Å². The van der Waals surface area contributed by atoms with Gasteiger partial charge in [-0.3, -0.25) is 0 Å². The minimum Gasteiger partial charge on any atom is -0.385 e. The van der Waals surface area contributed by atoms with Crippen LogP contribution < -0.4 is 0 Å². The monoisotopic (exact) mass is 188 g/mol. The highest BCUT2D eigenvalue weighted by Crippen LogP contribution is 2.14. The van der Waals surface area contributed by atoms with E-state index in [0.29, 0.717) is 0 Å². The molecule has 0 atom stereocenters. The molecule has 0 N–H and O–H groups in total. The maximum atomic E-state index is 5.00. The smallest absolute Gasteiger partial charge is 0.0462 e. The Morgan fingerprint density at radius 2 is 1.50 bits per heavy atom. The minimum absolute atomic E-state index is 0.757. The van der Waals surface area contributed by atoms with E-state index in [9.17, 15) is 0 Å². The van der Waals surface area contributed by atoms with E-state index in [2.05, 4.69) is 19.6 Å². The van der Waals surface area contributed by atoms with E-state index in [0.717, 1.165) is 6.61 Å². The largest absolute Gasteiger partial charge is 0.385 e. The van der Waals surface area contributed by atoms with Gasteiger partial charge in [0.25, 0.3) is 0 Å². The zero-order valence-corrected chi connectivity index (χ0v) is 10.2. The Bertz CT molecular complexity index is 96.5. The zero-order valence-electron chi connectivity index (χ0n) is 9.15. The summed E-state index contributed by atoms with van der Waals surface area (Å²) in [6, 6.07) is 1.49. The summed E-state index contributed by atoms with van der Waals surface area (Å²) in [6.45, 7) is 8.28. The molecule has 0 aromatic rings. The third-order valence-corrected chi connectivity index (χ3v) is 3.88. The second-order valence-electron chi connectivity index (χ2n) is 4.72. The Morgan fingerprint density at radius 3 is 2.00 bits per heavy atom. The lowest BCUT2D eigenvalue weighted by Gasteiger charge is -2.14. The van der Waals surface area contributed by atoms with Crippen LogP contribution in [-0.2, 0) is 4.74 Å². The summed E-state index contributed by atoms with van der Waals surface area (Å²) in [7, 11) is 1.02. The van der Waals surface area contributed by atoms with E-state index < -0.39 is 8.07 Å². The standard InChI is InChI=1S/C10H24OSi/c1-11-9-7-5-6-8-10-12(2,3)4/h5-10H2,1-4H3. The molecule has 0 amide bonds. The fourth-order valence-electron chi connectivity index (χ4n) is 1.26. The molecule has 0 unspecified atom stereocenters. The lowest BCUT2D eigenvalue weighted by molar-refractivity contribution is 0.192. The average Bonchev–Trinajstić information content (AvgIpc) is 1.94. The van der Waals surface area contributed by atoms with Crippen LogP contribution in [0.1, 0.15) is 25.7 Å². The molecular weight excluding hydrogens is 164 g/mol. The molecule has 0 aliphatic heterocycles. The zero-order chi connectivity index (χ0) is 9.45. The number of ether oxygens (including phenoxy) is 1. The van der Waals surface area contributed by atoms with Crippen molar-refractivity contribution >= 4 is 8.07 Å². The normalized spacial score (nSPS) is 12.0. The van der Waals surface area contributed by atoms with Crippen LogP contribution in [0.2, 0.25) is 25.7 Å². The highest BCUT2D eigenvalue weighted by Gasteiger charge is 2.11. The lowest BCUT2D eigenvalue weighted by atomic mass is 10.2. The van der Waals surface area contributed by atoms with Gasteiger partial charge in [0.2, 0.25) is 0 Å². The number of hydrogen-bond acceptors (Lipinski definition) is 1. The van der Waals surface area contributed by atoms with Crippen molar-refractivity contribution in [2.24, 2.45) is 0 Å². The molecule has 74 valence electrons. The Balaban J connectivity index is 3.01. The van der Waals surface area contributed by atoms with Crippen molar-refractivity contribution in [3.8, 4) is 0 Å². The number of hydrogen-bond donors (Lipinski definition) is 0. The maximum Gasteiger partial charge on any atom is 0.0462 e. The molecule has 12 heavy (non-hydrogen) atoms. The molecule has 1 nitrogen and oxygen atoms in total. The molecule has 0 fully saturated rings. The molecule has 0 heterocycles. The van der Waals surface area contributed by atoms with Gasteiger partial charge in [-0.2, -0.15) is 0 Å². The predicted molar refractivity (Wildman–Crippen MR) is 58.5 cm³/mol. The van der Waals surface area contributed by atoms with Gasteiger partial charge in [0, 0.05) is 21.8 Å². The van der Waals surface area contributed by atoms with E-state index in [1.165, 1.54) is 31.7 Å². The molecular formula is C10H24OSi. The summed E-state index contributed by atoms with van der Waals surface area (Å²) >= 11 is 0. The Labute approximate surface area is 78.5 Å². The summed E-state index contributed by atoms with van der Waals surface area (Å²) in [5.74, 6) is 0. The lowest BCUT2D eigenvalue weighted by Crippen LogP contribution is -2.18. The van der Waals surface area contributed by atoms with Crippen molar-refractivity contribution in [2.45, 2.75) is 51.4 Å². The first-order valence-corrected chi connectivity index (χ1v) is 8.76. The molecule has 0 spiro atoms. The Morgan fingerprint density at radius 1 is 0.917 bits per heavy atom. The van der Waals surface area contributed by atoms with Crippen LogP contribution in [0.4, 0.5) is 0 Å². The quantitative estimate of drug-likeness (QED) is 0.439. The van der Waals surface area contributed by atoms with Crippen LogP contribution >= 0.6 is 0 Å². The summed E-state index contributed by atoms with van der Waals surface area (Å²) < 4.78 is 5.00.